The van der Waals surface area contributed by atoms with Gasteiger partial charge in [0.1, 0.15) is 0 Å². The molecule has 0 radical (unpaired) electrons. The van der Waals surface area contributed by atoms with Gasteiger partial charge in [-0.3, -0.25) is 14.9 Å². The first-order valence-corrected chi connectivity index (χ1v) is 7.69. The van der Waals surface area contributed by atoms with Gasteiger partial charge in [-0.1, -0.05) is 12.1 Å². The summed E-state index contributed by atoms with van der Waals surface area (Å²) in [5.74, 6) is -0.0588. The maximum absolute atomic E-state index is 12.5. The molecule has 0 aromatic heterocycles. The second-order valence-electron chi connectivity index (χ2n) is 5.64. The Morgan fingerprint density at radius 2 is 1.62 bits per heavy atom. The lowest BCUT2D eigenvalue weighted by molar-refractivity contribution is -0.384. The smallest absolute Gasteiger partial charge is 0.269 e. The summed E-state index contributed by atoms with van der Waals surface area (Å²) in [6.45, 7) is 2.53. The van der Waals surface area contributed by atoms with Crippen molar-refractivity contribution in [3.8, 4) is 0 Å². The van der Waals surface area contributed by atoms with Crippen LogP contribution in [0, 0.1) is 10.1 Å². The molecule has 2 N–H and O–H groups in total. The van der Waals surface area contributed by atoms with Gasteiger partial charge < -0.3 is 15.5 Å². The number of hydrogen-bond acceptors (Lipinski definition) is 5. The number of hydrogen-bond donors (Lipinski definition) is 1. The van der Waals surface area contributed by atoms with Crippen LogP contribution in [-0.4, -0.2) is 41.9 Å². The fourth-order valence-corrected chi connectivity index (χ4v) is 2.82. The van der Waals surface area contributed by atoms with Crippen LogP contribution in [0.4, 0.5) is 17.1 Å². The lowest BCUT2D eigenvalue weighted by atomic mass is 10.1. The quantitative estimate of drug-likeness (QED) is 0.530. The van der Waals surface area contributed by atoms with E-state index in [4.69, 9.17) is 5.73 Å². The minimum Gasteiger partial charge on any atom is -0.398 e. The number of nitro groups is 1. The number of piperazine rings is 1. The van der Waals surface area contributed by atoms with Crippen LogP contribution in [-0.2, 0) is 0 Å². The number of para-hydroxylation sites is 1. The standard InChI is InChI=1S/C17H18N4O3/c18-16-4-2-1-3-15(16)17(22)20-11-9-19(10-12-20)13-5-7-14(8-6-13)21(23)24/h1-8H,9-12,18H2. The van der Waals surface area contributed by atoms with Crippen LogP contribution in [0.1, 0.15) is 10.4 Å². The Bertz CT molecular complexity index is 753. The van der Waals surface area contributed by atoms with Gasteiger partial charge in [0.2, 0.25) is 0 Å². The number of nitrogens with zero attached hydrogens (tertiary/aromatic N) is 3. The van der Waals surface area contributed by atoms with E-state index in [2.05, 4.69) is 4.90 Å². The molecule has 1 fully saturated rings. The van der Waals surface area contributed by atoms with Crippen molar-refractivity contribution in [3.05, 3.63) is 64.2 Å². The summed E-state index contributed by atoms with van der Waals surface area (Å²) in [4.78, 5) is 26.7. The Morgan fingerprint density at radius 3 is 2.21 bits per heavy atom. The first kappa shape index (κ1) is 15.8. The van der Waals surface area contributed by atoms with Gasteiger partial charge in [0.05, 0.1) is 10.5 Å². The molecule has 0 unspecified atom stereocenters. The first-order valence-electron chi connectivity index (χ1n) is 7.69. The normalized spacial score (nSPS) is 14.5. The molecule has 3 rings (SSSR count). The lowest BCUT2D eigenvalue weighted by Gasteiger charge is -2.36. The van der Waals surface area contributed by atoms with Crippen molar-refractivity contribution in [1.29, 1.82) is 0 Å². The molecule has 1 amide bonds. The molecule has 0 spiro atoms. The van der Waals surface area contributed by atoms with Crippen LogP contribution in [0.5, 0.6) is 0 Å². The highest BCUT2D eigenvalue weighted by molar-refractivity contribution is 5.99. The molecule has 124 valence electrons. The van der Waals surface area contributed by atoms with Gasteiger partial charge >= 0.3 is 0 Å². The number of nitrogen functional groups attached to an aromatic ring is 1. The minimum atomic E-state index is -0.412. The van der Waals surface area contributed by atoms with Gasteiger partial charge in [0.25, 0.3) is 11.6 Å². The van der Waals surface area contributed by atoms with E-state index in [-0.39, 0.29) is 11.6 Å². The van der Waals surface area contributed by atoms with Gasteiger partial charge in [-0.25, -0.2) is 0 Å². The summed E-state index contributed by atoms with van der Waals surface area (Å²) >= 11 is 0. The van der Waals surface area contributed by atoms with E-state index < -0.39 is 4.92 Å². The molecule has 0 bridgehead atoms. The number of nitrogens with two attached hydrogens (primary N) is 1. The fraction of sp³-hybridized carbons (Fsp3) is 0.235. The second-order valence-corrected chi connectivity index (χ2v) is 5.64. The van der Waals surface area contributed by atoms with Crippen LogP contribution < -0.4 is 10.6 Å². The molecule has 0 aliphatic carbocycles. The van der Waals surface area contributed by atoms with E-state index in [1.807, 2.05) is 0 Å². The highest BCUT2D eigenvalue weighted by atomic mass is 16.6. The number of nitro benzene ring substituents is 1. The van der Waals surface area contributed by atoms with Crippen molar-refractivity contribution >= 4 is 23.0 Å². The fourth-order valence-electron chi connectivity index (χ4n) is 2.82. The number of carbonyl (C=O) groups is 1. The third-order valence-corrected chi connectivity index (χ3v) is 4.18. The number of non-ortho nitro benzene ring substituents is 1. The van der Waals surface area contributed by atoms with E-state index in [0.29, 0.717) is 37.4 Å². The molecular weight excluding hydrogens is 308 g/mol. The maximum Gasteiger partial charge on any atom is 0.269 e. The summed E-state index contributed by atoms with van der Waals surface area (Å²) < 4.78 is 0. The van der Waals surface area contributed by atoms with Crippen molar-refractivity contribution in [2.24, 2.45) is 0 Å². The molecule has 0 atom stereocenters. The maximum atomic E-state index is 12.5. The minimum absolute atomic E-state index is 0.0588. The number of rotatable bonds is 3. The number of anilines is 2. The van der Waals surface area contributed by atoms with Crippen molar-refractivity contribution in [2.75, 3.05) is 36.8 Å². The molecule has 1 aliphatic rings. The number of amides is 1. The molecule has 1 saturated heterocycles. The van der Waals surface area contributed by atoms with Gasteiger partial charge in [-0.15, -0.1) is 0 Å². The van der Waals surface area contributed by atoms with Gasteiger partial charge in [-0.05, 0) is 24.3 Å². The molecule has 0 saturated carbocycles. The summed E-state index contributed by atoms with van der Waals surface area (Å²) in [6.07, 6.45) is 0. The second kappa shape index (κ2) is 6.57. The molecule has 1 aliphatic heterocycles. The highest BCUT2D eigenvalue weighted by Crippen LogP contribution is 2.21. The van der Waals surface area contributed by atoms with Gasteiger partial charge in [0, 0.05) is 49.7 Å². The van der Waals surface area contributed by atoms with Crippen molar-refractivity contribution in [2.45, 2.75) is 0 Å². The summed E-state index contributed by atoms with van der Waals surface area (Å²) in [7, 11) is 0. The zero-order chi connectivity index (χ0) is 17.1. The Labute approximate surface area is 139 Å². The lowest BCUT2D eigenvalue weighted by Crippen LogP contribution is -2.48. The van der Waals surface area contributed by atoms with Crippen LogP contribution in [0.2, 0.25) is 0 Å². The first-order chi connectivity index (χ1) is 11.6. The predicted molar refractivity (Wildman–Crippen MR) is 92.1 cm³/mol. The highest BCUT2D eigenvalue weighted by Gasteiger charge is 2.23. The SMILES string of the molecule is Nc1ccccc1C(=O)N1CCN(c2ccc([N+](=O)[O-])cc2)CC1. The Morgan fingerprint density at radius 1 is 1.00 bits per heavy atom. The molecule has 2 aromatic carbocycles. The number of benzene rings is 2. The Hall–Kier alpha value is -3.09. The van der Waals surface area contributed by atoms with Crippen LogP contribution >= 0.6 is 0 Å². The van der Waals surface area contributed by atoms with Crippen LogP contribution in [0.25, 0.3) is 0 Å². The molecule has 2 aromatic rings. The molecule has 7 heteroatoms. The van der Waals surface area contributed by atoms with Gasteiger partial charge in [-0.2, -0.15) is 0 Å². The zero-order valence-corrected chi connectivity index (χ0v) is 13.1. The molecular formula is C17H18N4O3. The average molecular weight is 326 g/mol. The third-order valence-electron chi connectivity index (χ3n) is 4.18. The zero-order valence-electron chi connectivity index (χ0n) is 13.1. The van der Waals surface area contributed by atoms with Crippen LogP contribution in [0.15, 0.2) is 48.5 Å². The monoisotopic (exact) mass is 326 g/mol. The van der Waals surface area contributed by atoms with Crippen LogP contribution in [0.3, 0.4) is 0 Å². The molecule has 1 heterocycles. The largest absolute Gasteiger partial charge is 0.398 e. The summed E-state index contributed by atoms with van der Waals surface area (Å²) in [5.41, 5.74) is 7.89. The topological polar surface area (TPSA) is 92.7 Å². The van der Waals surface area contributed by atoms with E-state index in [0.717, 1.165) is 5.69 Å². The molecule has 7 nitrogen and oxygen atoms in total. The van der Waals surface area contributed by atoms with E-state index in [1.54, 1.807) is 41.3 Å². The average Bonchev–Trinajstić information content (AvgIpc) is 2.62. The Kier molecular flexibility index (Phi) is 4.33. The Balaban J connectivity index is 1.64. The van der Waals surface area contributed by atoms with E-state index >= 15 is 0 Å². The molecule has 24 heavy (non-hydrogen) atoms. The third kappa shape index (κ3) is 3.15. The van der Waals surface area contributed by atoms with Crippen molar-refractivity contribution < 1.29 is 9.72 Å². The predicted octanol–water partition coefficient (Wildman–Crippen LogP) is 2.14. The van der Waals surface area contributed by atoms with Crippen molar-refractivity contribution in [3.63, 3.8) is 0 Å². The van der Waals surface area contributed by atoms with E-state index in [1.165, 1.54) is 12.1 Å². The number of carbonyl (C=O) groups excluding carboxylic acids is 1. The van der Waals surface area contributed by atoms with Crippen molar-refractivity contribution in [1.82, 2.24) is 4.90 Å². The van der Waals surface area contributed by atoms with E-state index in [9.17, 15) is 14.9 Å². The van der Waals surface area contributed by atoms with Gasteiger partial charge in [0.15, 0.2) is 0 Å². The summed E-state index contributed by atoms with van der Waals surface area (Å²) in [5, 5.41) is 10.7. The summed E-state index contributed by atoms with van der Waals surface area (Å²) in [6, 6.07) is 13.5.